The number of nitrogens with zero attached hydrogens (tertiary/aromatic N) is 1. The number of thioether (sulfide) groups is 1. The zero-order chi connectivity index (χ0) is 9.59. The summed E-state index contributed by atoms with van der Waals surface area (Å²) in [7, 11) is 0. The zero-order valence-corrected chi connectivity index (χ0v) is 7.72. The van der Waals surface area contributed by atoms with Crippen LogP contribution < -0.4 is 0 Å². The highest BCUT2D eigenvalue weighted by Gasteiger charge is 2.50. The van der Waals surface area contributed by atoms with Gasteiger partial charge >= 0.3 is 5.97 Å². The monoisotopic (exact) mass is 217 g/mol. The van der Waals surface area contributed by atoms with Crippen LogP contribution >= 0.6 is 11.8 Å². The fourth-order valence-electron chi connectivity index (χ4n) is 1.16. The van der Waals surface area contributed by atoms with E-state index in [0.29, 0.717) is 0 Å². The van der Waals surface area contributed by atoms with Crippen LogP contribution in [-0.4, -0.2) is 36.3 Å². The Morgan fingerprint density at radius 1 is 1.69 bits per heavy atom. The Hall–Kier alpha value is -1.08. The molecule has 2 rings (SSSR count). The number of carbonyl (C=O) groups is 2. The first-order valence-electron chi connectivity index (χ1n) is 3.26. The highest BCUT2D eigenvalue weighted by molar-refractivity contribution is 8.04. The SMILES string of the molecule is O=S=C1C(=O)N2C(C(=O)O)=CS[C@H]12. The molecule has 1 atom stereocenters. The van der Waals surface area contributed by atoms with Gasteiger partial charge in [-0.3, -0.25) is 9.69 Å². The van der Waals surface area contributed by atoms with Crippen molar-refractivity contribution in [2.24, 2.45) is 0 Å². The molecule has 0 aromatic carbocycles. The topological polar surface area (TPSA) is 74.7 Å². The predicted molar refractivity (Wildman–Crippen MR) is 47.1 cm³/mol. The van der Waals surface area contributed by atoms with Gasteiger partial charge in [-0.2, -0.15) is 0 Å². The van der Waals surface area contributed by atoms with E-state index in [0.717, 1.165) is 4.90 Å². The third-order valence-electron chi connectivity index (χ3n) is 1.77. The molecule has 5 nitrogen and oxygen atoms in total. The van der Waals surface area contributed by atoms with Crippen LogP contribution in [0.4, 0.5) is 0 Å². The molecule has 2 aliphatic rings. The van der Waals surface area contributed by atoms with E-state index < -0.39 is 11.9 Å². The molecule has 0 aromatic heterocycles. The van der Waals surface area contributed by atoms with Gasteiger partial charge in [0.1, 0.15) is 27.2 Å². The largest absolute Gasteiger partial charge is 0.477 e. The highest BCUT2D eigenvalue weighted by atomic mass is 32.2. The first-order chi connectivity index (χ1) is 6.16. The number of carboxylic acid groups (broad SMARTS) is 1. The second-order valence-electron chi connectivity index (χ2n) is 2.42. The van der Waals surface area contributed by atoms with Crippen molar-refractivity contribution in [2.45, 2.75) is 5.37 Å². The fraction of sp³-hybridized carbons (Fsp3) is 0.167. The Labute approximate surface area is 80.5 Å². The zero-order valence-electron chi connectivity index (χ0n) is 6.09. The lowest BCUT2D eigenvalue weighted by Gasteiger charge is -2.34. The minimum atomic E-state index is -1.14. The van der Waals surface area contributed by atoms with Crippen LogP contribution in [0.3, 0.4) is 0 Å². The number of amides is 1. The van der Waals surface area contributed by atoms with Crippen LogP contribution in [0.2, 0.25) is 0 Å². The molecule has 0 unspecified atom stereocenters. The van der Waals surface area contributed by atoms with Crippen molar-refractivity contribution in [1.82, 2.24) is 4.90 Å². The molecule has 1 N–H and O–H groups in total. The molecule has 2 aliphatic heterocycles. The summed E-state index contributed by atoms with van der Waals surface area (Å²) >= 11 is 1.31. The Kier molecular flexibility index (Phi) is 1.77. The van der Waals surface area contributed by atoms with E-state index in [-0.39, 0.29) is 27.2 Å². The van der Waals surface area contributed by atoms with Gasteiger partial charge in [-0.25, -0.2) is 9.00 Å². The summed E-state index contributed by atoms with van der Waals surface area (Å²) in [6.45, 7) is 0. The van der Waals surface area contributed by atoms with Crippen LogP contribution in [-0.2, 0) is 20.8 Å². The van der Waals surface area contributed by atoms with Gasteiger partial charge in [-0.1, -0.05) is 0 Å². The minimum absolute atomic E-state index is 0.0437. The van der Waals surface area contributed by atoms with E-state index in [4.69, 9.17) is 5.11 Å². The molecule has 0 radical (unpaired) electrons. The molecule has 13 heavy (non-hydrogen) atoms. The lowest BCUT2D eigenvalue weighted by atomic mass is 10.2. The smallest absolute Gasteiger partial charge is 0.353 e. The lowest BCUT2D eigenvalue weighted by Crippen LogP contribution is -2.58. The molecule has 0 saturated carbocycles. The molecule has 0 aliphatic carbocycles. The normalized spacial score (nSPS) is 25.1. The summed E-state index contributed by atoms with van der Waals surface area (Å²) in [6, 6.07) is 0. The van der Waals surface area contributed by atoms with Gasteiger partial charge in [0.2, 0.25) is 0 Å². The van der Waals surface area contributed by atoms with Crippen LogP contribution in [0.1, 0.15) is 0 Å². The predicted octanol–water partition coefficient (Wildman–Crippen LogP) is -0.787. The van der Waals surface area contributed by atoms with Crippen molar-refractivity contribution >= 4 is 39.8 Å². The maximum absolute atomic E-state index is 11.1. The maximum Gasteiger partial charge on any atom is 0.353 e. The molecule has 0 aromatic rings. The minimum Gasteiger partial charge on any atom is -0.477 e. The molecule has 1 fully saturated rings. The maximum atomic E-state index is 11.1. The Balaban J connectivity index is 2.33. The third kappa shape index (κ3) is 0.971. The van der Waals surface area contributed by atoms with Crippen LogP contribution in [0.5, 0.6) is 0 Å². The second kappa shape index (κ2) is 2.71. The van der Waals surface area contributed by atoms with Crippen molar-refractivity contribution in [3.05, 3.63) is 11.1 Å². The molecular formula is C6H3NO4S2. The molecular weight excluding hydrogens is 214 g/mol. The van der Waals surface area contributed by atoms with Gasteiger partial charge in [0.05, 0.1) is 0 Å². The van der Waals surface area contributed by atoms with Crippen LogP contribution in [0.15, 0.2) is 11.1 Å². The van der Waals surface area contributed by atoms with Crippen molar-refractivity contribution < 1.29 is 18.9 Å². The van der Waals surface area contributed by atoms with Gasteiger partial charge in [0, 0.05) is 5.41 Å². The van der Waals surface area contributed by atoms with Crippen LogP contribution in [0.25, 0.3) is 0 Å². The highest BCUT2D eigenvalue weighted by Crippen LogP contribution is 2.38. The average Bonchev–Trinajstić information content (AvgIpc) is 2.45. The van der Waals surface area contributed by atoms with Crippen molar-refractivity contribution in [3.63, 3.8) is 0 Å². The van der Waals surface area contributed by atoms with E-state index in [1.165, 1.54) is 17.2 Å². The van der Waals surface area contributed by atoms with Gasteiger partial charge in [0.25, 0.3) is 5.91 Å². The Morgan fingerprint density at radius 3 is 2.92 bits per heavy atom. The summed E-state index contributed by atoms with van der Waals surface area (Å²) in [6.07, 6.45) is 0. The average molecular weight is 217 g/mol. The number of carboxylic acids is 1. The van der Waals surface area contributed by atoms with Crippen molar-refractivity contribution in [1.29, 1.82) is 0 Å². The fourth-order valence-corrected chi connectivity index (χ4v) is 2.83. The molecule has 0 spiro atoms. The molecule has 68 valence electrons. The number of hydrogen-bond donors (Lipinski definition) is 1. The van der Waals surface area contributed by atoms with Gasteiger partial charge in [-0.15, -0.1) is 11.8 Å². The first-order valence-corrected chi connectivity index (χ1v) is 4.94. The lowest BCUT2D eigenvalue weighted by molar-refractivity contribution is -0.138. The summed E-state index contributed by atoms with van der Waals surface area (Å²) < 4.78 is 10.4. The summed E-state index contributed by atoms with van der Waals surface area (Å²) in [5, 5.41) is 9.64. The summed E-state index contributed by atoms with van der Waals surface area (Å²) in [5.41, 5.74) is -0.0437. The molecule has 1 saturated heterocycles. The van der Waals surface area contributed by atoms with Gasteiger partial charge < -0.3 is 5.11 Å². The number of carbonyl (C=O) groups excluding carboxylic acids is 1. The number of aliphatic carboxylic acids is 1. The Bertz CT molecular complexity index is 395. The van der Waals surface area contributed by atoms with E-state index in [9.17, 15) is 13.8 Å². The van der Waals surface area contributed by atoms with Crippen molar-refractivity contribution in [3.8, 4) is 0 Å². The van der Waals surface area contributed by atoms with E-state index in [2.05, 4.69) is 0 Å². The third-order valence-corrected chi connectivity index (χ3v) is 3.56. The number of fused-ring (bicyclic) bond motifs is 1. The molecule has 1 amide bonds. The standard InChI is InChI=1S/C6H3NO4S2/c8-4-3(13-11)5-7(4)2(1-12-5)6(9)10/h1,5H,(H,9,10)/t5-/m1/s1. The van der Waals surface area contributed by atoms with Crippen LogP contribution in [0, 0.1) is 0 Å². The molecule has 0 bridgehead atoms. The Morgan fingerprint density at radius 2 is 2.38 bits per heavy atom. The molecule has 7 heteroatoms. The van der Waals surface area contributed by atoms with Gasteiger partial charge in [-0.05, 0) is 0 Å². The quantitative estimate of drug-likeness (QED) is 0.460. The summed E-state index contributed by atoms with van der Waals surface area (Å²) in [4.78, 5) is 23.0. The van der Waals surface area contributed by atoms with Gasteiger partial charge in [0.15, 0.2) is 0 Å². The number of β-lactam (4-membered cyclic amide) rings is 1. The molecule has 2 heterocycles. The van der Waals surface area contributed by atoms with E-state index >= 15 is 0 Å². The van der Waals surface area contributed by atoms with E-state index in [1.807, 2.05) is 0 Å². The number of hydrogen-bond acceptors (Lipinski definition) is 4. The second-order valence-corrected chi connectivity index (χ2v) is 3.98. The first kappa shape index (κ1) is 8.52. The van der Waals surface area contributed by atoms with Crippen molar-refractivity contribution in [2.75, 3.05) is 0 Å². The summed E-state index contributed by atoms with van der Waals surface area (Å²) in [5.74, 6) is -1.62. The van der Waals surface area contributed by atoms with E-state index in [1.54, 1.807) is 0 Å². The number of rotatable bonds is 1.